The van der Waals surface area contributed by atoms with Crippen molar-refractivity contribution in [3.63, 3.8) is 0 Å². The summed E-state index contributed by atoms with van der Waals surface area (Å²) < 4.78 is 13.7. The van der Waals surface area contributed by atoms with E-state index in [1.807, 2.05) is 32.0 Å². The fourth-order valence-corrected chi connectivity index (χ4v) is 4.66. The van der Waals surface area contributed by atoms with Gasteiger partial charge in [0.25, 0.3) is 11.6 Å². The molecule has 148 valence electrons. The van der Waals surface area contributed by atoms with Gasteiger partial charge in [0.15, 0.2) is 0 Å². The number of nitro benzene ring substituents is 1. The van der Waals surface area contributed by atoms with E-state index in [-0.39, 0.29) is 17.0 Å². The van der Waals surface area contributed by atoms with Crippen LogP contribution in [0.2, 0.25) is 0 Å². The Morgan fingerprint density at radius 3 is 2.69 bits per heavy atom. The Kier molecular flexibility index (Phi) is 4.75. The highest BCUT2D eigenvalue weighted by Gasteiger charge is 2.30. The van der Waals surface area contributed by atoms with E-state index in [0.717, 1.165) is 16.8 Å². The summed E-state index contributed by atoms with van der Waals surface area (Å²) in [5.41, 5.74) is 3.91. The van der Waals surface area contributed by atoms with Gasteiger partial charge in [0.2, 0.25) is 0 Å². The number of nitrogens with one attached hydrogen (secondary N) is 1. The number of fused-ring (bicyclic) bond motifs is 1. The molecule has 1 aromatic heterocycles. The fourth-order valence-electron chi connectivity index (χ4n) is 3.40. The number of aryl methyl sites for hydroxylation is 1. The van der Waals surface area contributed by atoms with E-state index in [9.17, 15) is 19.1 Å². The van der Waals surface area contributed by atoms with Gasteiger partial charge in [-0.05, 0) is 37.1 Å². The standard InChI is InChI=1S/C20H18N4O4S/c1-12-6-5-9-17(13(12)2)23-19(15-10-29(28)11-16(15)22-23)21-20(25)14-7-3-4-8-18(14)24(26)27/h3-9H,10-11H2,1-2H3,(H,21,25)/t29-/m0/s1. The van der Waals surface area contributed by atoms with Crippen LogP contribution in [0.3, 0.4) is 0 Å². The second-order valence-corrected chi connectivity index (χ2v) is 8.32. The zero-order valence-corrected chi connectivity index (χ0v) is 16.7. The summed E-state index contributed by atoms with van der Waals surface area (Å²) in [6, 6.07) is 11.6. The van der Waals surface area contributed by atoms with Gasteiger partial charge >= 0.3 is 0 Å². The Hall–Kier alpha value is -3.33. The molecule has 9 heteroatoms. The van der Waals surface area contributed by atoms with Crippen LogP contribution in [0.5, 0.6) is 0 Å². The molecule has 1 atom stereocenters. The highest BCUT2D eigenvalue weighted by atomic mass is 32.2. The summed E-state index contributed by atoms with van der Waals surface area (Å²) in [5, 5.41) is 18.7. The predicted octanol–water partition coefficient (Wildman–Crippen LogP) is 3.41. The number of carbonyl (C=O) groups excluding carboxylic acids is 1. The highest BCUT2D eigenvalue weighted by Crippen LogP contribution is 2.33. The average Bonchev–Trinajstić information content (AvgIpc) is 3.21. The van der Waals surface area contributed by atoms with Gasteiger partial charge in [0.1, 0.15) is 11.4 Å². The molecule has 3 aromatic rings. The first kappa shape index (κ1) is 19.0. The van der Waals surface area contributed by atoms with Crippen LogP contribution >= 0.6 is 0 Å². The van der Waals surface area contributed by atoms with Crippen molar-refractivity contribution < 1.29 is 13.9 Å². The lowest BCUT2D eigenvalue weighted by Gasteiger charge is -2.14. The normalized spacial score (nSPS) is 15.2. The second-order valence-electron chi connectivity index (χ2n) is 6.86. The van der Waals surface area contributed by atoms with E-state index in [4.69, 9.17) is 0 Å². The number of nitrogens with zero attached hydrogens (tertiary/aromatic N) is 3. The molecule has 0 saturated heterocycles. The van der Waals surface area contributed by atoms with Gasteiger partial charge in [-0.3, -0.25) is 19.1 Å². The van der Waals surface area contributed by atoms with E-state index in [0.29, 0.717) is 22.8 Å². The molecule has 1 aliphatic rings. The number of anilines is 1. The Labute approximate surface area is 169 Å². The van der Waals surface area contributed by atoms with Crippen molar-refractivity contribution in [2.45, 2.75) is 25.4 Å². The van der Waals surface area contributed by atoms with Crippen LogP contribution in [-0.2, 0) is 22.3 Å². The number of aromatic nitrogens is 2. The number of rotatable bonds is 4. The molecule has 29 heavy (non-hydrogen) atoms. The zero-order valence-electron chi connectivity index (χ0n) is 15.8. The molecule has 0 bridgehead atoms. The molecule has 1 amide bonds. The van der Waals surface area contributed by atoms with Crippen LogP contribution in [0.15, 0.2) is 42.5 Å². The van der Waals surface area contributed by atoms with Crippen LogP contribution in [0.25, 0.3) is 5.69 Å². The largest absolute Gasteiger partial charge is 0.306 e. The number of hydrogen-bond donors (Lipinski definition) is 1. The Bertz CT molecular complexity index is 1190. The minimum atomic E-state index is -1.08. The maximum atomic E-state index is 12.9. The third kappa shape index (κ3) is 3.33. The first-order valence-electron chi connectivity index (χ1n) is 8.94. The molecule has 4 rings (SSSR count). The van der Waals surface area contributed by atoms with Crippen molar-refractivity contribution in [1.82, 2.24) is 9.78 Å². The molecular weight excluding hydrogens is 392 g/mol. The first-order valence-corrected chi connectivity index (χ1v) is 10.4. The number of amides is 1. The van der Waals surface area contributed by atoms with Crippen LogP contribution in [-0.4, -0.2) is 24.8 Å². The molecule has 0 fully saturated rings. The molecule has 0 radical (unpaired) electrons. The molecule has 0 spiro atoms. The Morgan fingerprint density at radius 2 is 1.93 bits per heavy atom. The van der Waals surface area contributed by atoms with Gasteiger partial charge in [-0.1, -0.05) is 24.3 Å². The van der Waals surface area contributed by atoms with E-state index >= 15 is 0 Å². The molecule has 0 aliphatic carbocycles. The van der Waals surface area contributed by atoms with Crippen LogP contribution in [0.1, 0.15) is 32.7 Å². The van der Waals surface area contributed by atoms with E-state index < -0.39 is 21.6 Å². The molecule has 1 N–H and O–H groups in total. The third-order valence-corrected chi connectivity index (χ3v) is 6.26. The van der Waals surface area contributed by atoms with Crippen molar-refractivity contribution >= 4 is 28.2 Å². The second kappa shape index (κ2) is 7.25. The summed E-state index contributed by atoms with van der Waals surface area (Å²) in [7, 11) is -1.08. The minimum Gasteiger partial charge on any atom is -0.306 e. The van der Waals surface area contributed by atoms with Gasteiger partial charge in [-0.15, -0.1) is 0 Å². The summed E-state index contributed by atoms with van der Waals surface area (Å²) >= 11 is 0. The van der Waals surface area contributed by atoms with Gasteiger partial charge in [-0.25, -0.2) is 4.68 Å². The number of para-hydroxylation sites is 1. The molecule has 0 saturated carbocycles. The Morgan fingerprint density at radius 1 is 1.17 bits per heavy atom. The maximum Gasteiger partial charge on any atom is 0.282 e. The summed E-state index contributed by atoms with van der Waals surface area (Å²) in [6.45, 7) is 3.94. The first-order chi connectivity index (χ1) is 13.9. The summed E-state index contributed by atoms with van der Waals surface area (Å²) in [4.78, 5) is 23.6. The van der Waals surface area contributed by atoms with Gasteiger partial charge in [-0.2, -0.15) is 5.10 Å². The molecule has 2 heterocycles. The maximum absolute atomic E-state index is 12.9. The number of nitro groups is 1. The molecule has 1 aliphatic heterocycles. The molecule has 2 aromatic carbocycles. The van der Waals surface area contributed by atoms with Crippen molar-refractivity contribution in [2.24, 2.45) is 0 Å². The SMILES string of the molecule is Cc1cccc(-n2nc3c(c2NC(=O)c2ccccc2[N+](=O)[O-])C[S@](=O)C3)c1C. The fraction of sp³-hybridized carbons (Fsp3) is 0.200. The third-order valence-electron chi connectivity index (χ3n) is 5.05. The molecule has 0 unspecified atom stereocenters. The zero-order chi connectivity index (χ0) is 20.7. The summed E-state index contributed by atoms with van der Waals surface area (Å²) in [6.07, 6.45) is 0. The van der Waals surface area contributed by atoms with Crippen molar-refractivity contribution in [1.29, 1.82) is 0 Å². The lowest BCUT2D eigenvalue weighted by Crippen LogP contribution is -2.18. The van der Waals surface area contributed by atoms with E-state index in [1.54, 1.807) is 10.7 Å². The number of hydrogen-bond acceptors (Lipinski definition) is 5. The van der Waals surface area contributed by atoms with E-state index in [1.165, 1.54) is 18.2 Å². The molecular formula is C20H18N4O4S. The van der Waals surface area contributed by atoms with Crippen molar-refractivity contribution in [3.8, 4) is 5.69 Å². The van der Waals surface area contributed by atoms with Crippen LogP contribution in [0, 0.1) is 24.0 Å². The smallest absolute Gasteiger partial charge is 0.282 e. The number of carbonyl (C=O) groups is 1. The van der Waals surface area contributed by atoms with Gasteiger partial charge in [0.05, 0.1) is 27.8 Å². The predicted molar refractivity (Wildman–Crippen MR) is 110 cm³/mol. The lowest BCUT2D eigenvalue weighted by atomic mass is 10.1. The number of benzene rings is 2. The summed E-state index contributed by atoms with van der Waals surface area (Å²) in [5.74, 6) is 0.403. The van der Waals surface area contributed by atoms with E-state index in [2.05, 4.69) is 10.4 Å². The van der Waals surface area contributed by atoms with Crippen molar-refractivity contribution in [2.75, 3.05) is 5.32 Å². The van der Waals surface area contributed by atoms with Crippen LogP contribution < -0.4 is 5.32 Å². The highest BCUT2D eigenvalue weighted by molar-refractivity contribution is 7.83. The molecule has 8 nitrogen and oxygen atoms in total. The van der Waals surface area contributed by atoms with Gasteiger partial charge < -0.3 is 5.32 Å². The Balaban J connectivity index is 1.82. The monoisotopic (exact) mass is 410 g/mol. The minimum absolute atomic E-state index is 0.0425. The van der Waals surface area contributed by atoms with Crippen LogP contribution in [0.4, 0.5) is 11.5 Å². The lowest BCUT2D eigenvalue weighted by molar-refractivity contribution is -0.385. The topological polar surface area (TPSA) is 107 Å². The van der Waals surface area contributed by atoms with Crippen molar-refractivity contribution in [3.05, 3.63) is 80.5 Å². The van der Waals surface area contributed by atoms with Gasteiger partial charge in [0, 0.05) is 22.4 Å². The average molecular weight is 410 g/mol. The quantitative estimate of drug-likeness (QED) is 0.524.